The lowest BCUT2D eigenvalue weighted by Gasteiger charge is -2.31. The van der Waals surface area contributed by atoms with Gasteiger partial charge in [-0.15, -0.1) is 0 Å². The number of hydrogen-bond acceptors (Lipinski definition) is 6. The number of aliphatic carboxylic acids is 1. The van der Waals surface area contributed by atoms with E-state index in [1.54, 1.807) is 0 Å². The van der Waals surface area contributed by atoms with Gasteiger partial charge >= 0.3 is 17.9 Å². The Morgan fingerprint density at radius 3 is 1.88 bits per heavy atom. The number of carbonyl (C=O) groups is 3. The molecule has 0 amide bonds. The van der Waals surface area contributed by atoms with Gasteiger partial charge in [0.2, 0.25) is 0 Å². The minimum Gasteiger partial charge on any atom is -0.477 e. The van der Waals surface area contributed by atoms with Crippen LogP contribution in [0.25, 0.3) is 0 Å². The van der Waals surface area contributed by atoms with Crippen LogP contribution in [-0.2, 0) is 28.6 Å². The second kappa shape index (κ2) is 31.6. The monoisotopic (exact) mass is 677 g/mol. The van der Waals surface area contributed by atoms with Crippen molar-refractivity contribution in [3.8, 4) is 0 Å². The fourth-order valence-electron chi connectivity index (χ4n) is 5.06. The van der Waals surface area contributed by atoms with Gasteiger partial charge in [0.15, 0.2) is 12.1 Å². The lowest BCUT2D eigenvalue weighted by atomic mass is 10.1. The third-order valence-electron chi connectivity index (χ3n) is 7.99. The Hall–Kier alpha value is -2.71. The molecule has 0 radical (unpaired) electrons. The van der Waals surface area contributed by atoms with E-state index in [-0.39, 0.29) is 42.7 Å². The predicted octanol–water partition coefficient (Wildman–Crippen LogP) is 9.29. The van der Waals surface area contributed by atoms with Crippen LogP contribution in [0.5, 0.6) is 0 Å². The van der Waals surface area contributed by atoms with E-state index < -0.39 is 18.1 Å². The zero-order chi connectivity index (χ0) is 35.7. The Bertz CT molecular complexity index is 932. The molecule has 0 aliphatic heterocycles. The number of carboxylic acid groups (broad SMARTS) is 1. The number of allylic oxidation sites excluding steroid dienone is 8. The number of carboxylic acids is 1. The molecule has 1 N–H and O–H groups in total. The highest BCUT2D eigenvalue weighted by atomic mass is 16.6. The van der Waals surface area contributed by atoms with Gasteiger partial charge in [-0.2, -0.15) is 0 Å². The summed E-state index contributed by atoms with van der Waals surface area (Å²) >= 11 is 0. The molecule has 0 aromatic carbocycles. The van der Waals surface area contributed by atoms with Crippen LogP contribution >= 0.6 is 0 Å². The zero-order valence-corrected chi connectivity index (χ0v) is 31.2. The molecule has 2 atom stereocenters. The smallest absolute Gasteiger partial charge is 0.362 e. The standard InChI is InChI=1S/C40H69NO7/c1-6-8-10-12-14-16-17-18-19-20-21-23-24-26-28-30-38(42)47-35-36(34-46-33-32-37(40(44)45)41(3,4)5)48-39(43)31-29-27-25-22-15-13-11-9-7-2/h9,11,14-18,22,36-37H,6-8,10,12-13,19-21,23-35H2,1-5H3/p+1/b11-9+,16-14+,18-17+,22-15+. The summed E-state index contributed by atoms with van der Waals surface area (Å²) in [6.45, 7) is 4.50. The van der Waals surface area contributed by atoms with Crippen molar-refractivity contribution in [2.45, 2.75) is 148 Å². The van der Waals surface area contributed by atoms with Gasteiger partial charge in [-0.25, -0.2) is 4.79 Å². The lowest BCUT2D eigenvalue weighted by molar-refractivity contribution is -0.887. The molecule has 0 aromatic heterocycles. The molecule has 0 aromatic rings. The summed E-state index contributed by atoms with van der Waals surface area (Å²) in [7, 11) is 5.49. The fraction of sp³-hybridized carbons (Fsp3) is 0.725. The van der Waals surface area contributed by atoms with Gasteiger partial charge in [0.1, 0.15) is 6.61 Å². The first-order chi connectivity index (χ1) is 23.1. The maximum absolute atomic E-state index is 12.6. The quantitative estimate of drug-likeness (QED) is 0.0249. The number of ether oxygens (including phenoxy) is 3. The molecular formula is C40H70NO7+. The Morgan fingerprint density at radius 2 is 1.23 bits per heavy atom. The molecule has 2 unspecified atom stereocenters. The van der Waals surface area contributed by atoms with E-state index in [0.717, 1.165) is 57.8 Å². The molecule has 0 aliphatic carbocycles. The minimum absolute atomic E-state index is 0.0426. The first-order valence-corrected chi connectivity index (χ1v) is 18.7. The molecule has 8 nitrogen and oxygen atoms in total. The summed E-state index contributed by atoms with van der Waals surface area (Å²) in [4.78, 5) is 36.7. The van der Waals surface area contributed by atoms with E-state index in [9.17, 15) is 19.5 Å². The van der Waals surface area contributed by atoms with Gasteiger partial charge in [-0.1, -0.05) is 101 Å². The van der Waals surface area contributed by atoms with Crippen molar-refractivity contribution in [1.29, 1.82) is 0 Å². The van der Waals surface area contributed by atoms with Gasteiger partial charge in [-0.3, -0.25) is 9.59 Å². The molecule has 8 heteroatoms. The number of esters is 2. The molecule has 0 rings (SSSR count). The largest absolute Gasteiger partial charge is 0.477 e. The summed E-state index contributed by atoms with van der Waals surface area (Å²) in [5.74, 6) is -1.54. The molecule has 0 saturated carbocycles. The summed E-state index contributed by atoms with van der Waals surface area (Å²) in [5.41, 5.74) is 0. The van der Waals surface area contributed by atoms with E-state index in [1.807, 2.05) is 21.1 Å². The maximum Gasteiger partial charge on any atom is 0.362 e. The first-order valence-electron chi connectivity index (χ1n) is 18.7. The Morgan fingerprint density at radius 1 is 0.667 bits per heavy atom. The predicted molar refractivity (Wildman–Crippen MR) is 197 cm³/mol. The highest BCUT2D eigenvalue weighted by molar-refractivity contribution is 5.72. The van der Waals surface area contributed by atoms with Crippen LogP contribution in [-0.4, -0.2) is 80.6 Å². The number of unbranched alkanes of at least 4 members (excludes halogenated alkanes) is 11. The van der Waals surface area contributed by atoms with Crippen LogP contribution in [0.15, 0.2) is 48.6 Å². The first kappa shape index (κ1) is 45.3. The summed E-state index contributed by atoms with van der Waals surface area (Å²) in [5, 5.41) is 9.56. The second-order valence-electron chi connectivity index (χ2n) is 13.5. The van der Waals surface area contributed by atoms with Crippen LogP contribution in [0.2, 0.25) is 0 Å². The number of nitrogens with zero attached hydrogens (tertiary/aromatic N) is 1. The van der Waals surface area contributed by atoms with E-state index in [0.29, 0.717) is 19.3 Å². The van der Waals surface area contributed by atoms with Gasteiger partial charge < -0.3 is 23.8 Å². The van der Waals surface area contributed by atoms with Crippen LogP contribution in [0.1, 0.15) is 136 Å². The third-order valence-corrected chi connectivity index (χ3v) is 7.99. The van der Waals surface area contributed by atoms with Crippen LogP contribution < -0.4 is 0 Å². The van der Waals surface area contributed by atoms with Crippen molar-refractivity contribution in [2.24, 2.45) is 0 Å². The fourth-order valence-corrected chi connectivity index (χ4v) is 5.06. The molecule has 0 fully saturated rings. The zero-order valence-electron chi connectivity index (χ0n) is 31.2. The van der Waals surface area contributed by atoms with Crippen molar-refractivity contribution in [3.05, 3.63) is 48.6 Å². The summed E-state index contributed by atoms with van der Waals surface area (Å²) < 4.78 is 17.1. The third kappa shape index (κ3) is 29.4. The number of rotatable bonds is 32. The number of quaternary nitrogens is 1. The number of likely N-dealkylation sites (N-methyl/N-ethyl adjacent to an activating group) is 1. The van der Waals surface area contributed by atoms with Crippen molar-refractivity contribution in [1.82, 2.24) is 0 Å². The average Bonchev–Trinajstić information content (AvgIpc) is 3.03. The molecule has 0 heterocycles. The summed E-state index contributed by atoms with van der Waals surface area (Å²) in [6.07, 6.45) is 34.5. The van der Waals surface area contributed by atoms with E-state index in [4.69, 9.17) is 14.2 Å². The lowest BCUT2D eigenvalue weighted by Crippen LogP contribution is -2.50. The highest BCUT2D eigenvalue weighted by Gasteiger charge is 2.31. The Labute approximate surface area is 293 Å². The van der Waals surface area contributed by atoms with Gasteiger partial charge in [0, 0.05) is 19.3 Å². The van der Waals surface area contributed by atoms with Gasteiger partial charge in [-0.05, 0) is 64.2 Å². The molecule has 48 heavy (non-hydrogen) atoms. The summed E-state index contributed by atoms with van der Waals surface area (Å²) in [6, 6.07) is -0.621. The molecular weight excluding hydrogens is 606 g/mol. The minimum atomic E-state index is -0.885. The van der Waals surface area contributed by atoms with Crippen LogP contribution in [0, 0.1) is 0 Å². The van der Waals surface area contributed by atoms with Crippen molar-refractivity contribution in [3.63, 3.8) is 0 Å². The number of carbonyl (C=O) groups excluding carboxylic acids is 2. The van der Waals surface area contributed by atoms with E-state index in [2.05, 4.69) is 62.5 Å². The Balaban J connectivity index is 4.45. The van der Waals surface area contributed by atoms with Crippen molar-refractivity contribution < 1.29 is 38.2 Å². The SMILES string of the molecule is CC/C=C/C/C=C/CCCCC(=O)OC(COCCC(C(=O)O)[N+](C)(C)C)COC(=O)CCCCCCCC/C=C/C=C/CCCCC. The topological polar surface area (TPSA) is 99.1 Å². The average molecular weight is 677 g/mol. The van der Waals surface area contributed by atoms with Gasteiger partial charge in [0.25, 0.3) is 0 Å². The Kier molecular flexibility index (Phi) is 29.8. The second-order valence-corrected chi connectivity index (χ2v) is 13.5. The van der Waals surface area contributed by atoms with Gasteiger partial charge in [0.05, 0.1) is 34.4 Å². The van der Waals surface area contributed by atoms with Crippen LogP contribution in [0.3, 0.4) is 0 Å². The number of hydrogen-bond donors (Lipinski definition) is 1. The molecule has 0 bridgehead atoms. The van der Waals surface area contributed by atoms with Crippen LogP contribution in [0.4, 0.5) is 0 Å². The molecule has 0 saturated heterocycles. The normalized spacial score (nSPS) is 13.6. The van der Waals surface area contributed by atoms with E-state index >= 15 is 0 Å². The van der Waals surface area contributed by atoms with Crippen molar-refractivity contribution >= 4 is 17.9 Å². The molecule has 276 valence electrons. The van der Waals surface area contributed by atoms with Crippen molar-refractivity contribution in [2.75, 3.05) is 41.0 Å². The van der Waals surface area contributed by atoms with E-state index in [1.165, 1.54) is 38.5 Å². The highest BCUT2D eigenvalue weighted by Crippen LogP contribution is 2.12. The molecule has 0 aliphatic rings. The molecule has 0 spiro atoms. The maximum atomic E-state index is 12.6.